The number of ketones is 3. The number of nitrogens with zero attached hydrogens (tertiary/aromatic N) is 2. The van der Waals surface area contributed by atoms with Gasteiger partial charge in [0.1, 0.15) is 18.1 Å². The van der Waals surface area contributed by atoms with Gasteiger partial charge in [0, 0.05) is 11.1 Å². The zero-order chi connectivity index (χ0) is 44.7. The Morgan fingerprint density at radius 3 is 1.20 bits per heavy atom. The quantitative estimate of drug-likeness (QED) is 0.0991. The molecule has 0 aromatic heterocycles. The minimum atomic E-state index is -1.93. The number of carbonyl (C=O) groups excluding carboxylic acids is 7. The first kappa shape index (κ1) is 49.4. The number of nitrogens with one attached hydrogen (secondary N) is 2. The fourth-order valence-corrected chi connectivity index (χ4v) is 6.49. The van der Waals surface area contributed by atoms with Crippen LogP contribution in [0, 0.1) is 23.7 Å². The third-order valence-corrected chi connectivity index (χ3v) is 9.29. The van der Waals surface area contributed by atoms with Crippen LogP contribution >= 0.6 is 0 Å². The molecule has 0 heterocycles. The first-order valence-electron chi connectivity index (χ1n) is 19.8. The van der Waals surface area contributed by atoms with E-state index in [9.17, 15) is 53.4 Å². The molecule has 6 amide bonds. The molecular formula is C43H59N5O11. The normalized spacial score (nSPS) is 13.8. The Hall–Kier alpha value is -5.77. The van der Waals surface area contributed by atoms with Crippen molar-refractivity contribution in [1.82, 2.24) is 20.4 Å². The summed E-state index contributed by atoms with van der Waals surface area (Å²) in [5.41, 5.74) is 6.20. The number of carboxylic acid groups (broad SMARTS) is 2. The topological polar surface area (TPSA) is 251 Å². The molecule has 0 fully saturated rings. The van der Waals surface area contributed by atoms with E-state index in [0.717, 1.165) is 0 Å². The van der Waals surface area contributed by atoms with Crippen LogP contribution in [0.15, 0.2) is 60.7 Å². The number of benzene rings is 2. The predicted molar refractivity (Wildman–Crippen MR) is 218 cm³/mol. The first-order chi connectivity index (χ1) is 27.6. The van der Waals surface area contributed by atoms with E-state index < -0.39 is 89.8 Å². The van der Waals surface area contributed by atoms with E-state index >= 15 is 0 Å². The molecule has 0 aliphatic heterocycles. The molecule has 0 aliphatic rings. The molecule has 0 radical (unpaired) electrons. The second-order valence-corrected chi connectivity index (χ2v) is 16.3. The summed E-state index contributed by atoms with van der Waals surface area (Å²) < 4.78 is 0. The van der Waals surface area contributed by atoms with Crippen LogP contribution in [0.2, 0.25) is 0 Å². The van der Waals surface area contributed by atoms with Crippen molar-refractivity contribution in [2.75, 3.05) is 0 Å². The highest BCUT2D eigenvalue weighted by Gasteiger charge is 2.41. The minimum Gasteiger partial charge on any atom is -0.465 e. The number of nitrogens with two attached hydrogens (primary N) is 1. The average Bonchev–Trinajstić information content (AvgIpc) is 3.15. The van der Waals surface area contributed by atoms with E-state index in [1.54, 1.807) is 79.7 Å². The van der Waals surface area contributed by atoms with E-state index in [0.29, 0.717) is 9.80 Å². The van der Waals surface area contributed by atoms with Crippen molar-refractivity contribution >= 4 is 53.2 Å². The Balaban J connectivity index is 2.37. The van der Waals surface area contributed by atoms with Gasteiger partial charge < -0.3 is 26.6 Å². The summed E-state index contributed by atoms with van der Waals surface area (Å²) in [6.07, 6.45) is -4.47. The van der Waals surface area contributed by atoms with E-state index in [-0.39, 0.29) is 60.5 Å². The molecule has 59 heavy (non-hydrogen) atoms. The molecule has 1 unspecified atom stereocenters. The molecule has 0 saturated heterocycles. The van der Waals surface area contributed by atoms with Crippen molar-refractivity contribution in [1.29, 1.82) is 0 Å². The van der Waals surface area contributed by atoms with Crippen LogP contribution < -0.4 is 16.4 Å². The number of carbonyl (C=O) groups is 9. The summed E-state index contributed by atoms with van der Waals surface area (Å²) in [6.45, 7) is 13.9. The standard InChI is InChI=1S/C43H59N5O11/c1-24(2)19-30(45-38(52)32(21-26(5)6)47(42(56)57)40(54)28-15-11-9-12-16-28)34(49)23-35(50)36(44)37(51)31(20-25(3)4)46-39(53)33(22-27(7)8)48(43(58)59)41(55)29-17-13-10-14-18-29/h9-18,24-27,30-33,36H,19-23,44H2,1-8H3,(H,45,52)(H,46,53)(H,56,57)(H,58,59)/t30-,31-,32-,33-,36?/m0/s1. The van der Waals surface area contributed by atoms with Crippen LogP contribution in [0.4, 0.5) is 9.59 Å². The Bertz CT molecular complexity index is 1810. The summed E-state index contributed by atoms with van der Waals surface area (Å²) >= 11 is 0. The van der Waals surface area contributed by atoms with Crippen molar-refractivity contribution in [3.63, 3.8) is 0 Å². The lowest BCUT2D eigenvalue weighted by molar-refractivity contribution is -0.137. The Labute approximate surface area is 345 Å². The van der Waals surface area contributed by atoms with Gasteiger partial charge in [-0.05, 0) is 73.6 Å². The molecular weight excluding hydrogens is 762 g/mol. The van der Waals surface area contributed by atoms with Crippen molar-refractivity contribution in [3.05, 3.63) is 71.8 Å². The van der Waals surface area contributed by atoms with Crippen molar-refractivity contribution in [2.24, 2.45) is 29.4 Å². The maximum atomic E-state index is 13.9. The lowest BCUT2D eigenvalue weighted by Gasteiger charge is -2.31. The van der Waals surface area contributed by atoms with Gasteiger partial charge in [0.05, 0.1) is 18.5 Å². The minimum absolute atomic E-state index is 0.0141. The summed E-state index contributed by atoms with van der Waals surface area (Å²) in [4.78, 5) is 121. The largest absolute Gasteiger partial charge is 0.465 e. The van der Waals surface area contributed by atoms with Gasteiger partial charge in [-0.25, -0.2) is 19.4 Å². The number of hydrogen-bond donors (Lipinski definition) is 5. The molecule has 0 aliphatic carbocycles. The molecule has 322 valence electrons. The number of amides is 6. The molecule has 5 atom stereocenters. The van der Waals surface area contributed by atoms with Crippen LogP contribution in [-0.4, -0.2) is 103 Å². The highest BCUT2D eigenvalue weighted by atomic mass is 16.4. The van der Waals surface area contributed by atoms with Crippen LogP contribution in [0.1, 0.15) is 108 Å². The molecule has 6 N–H and O–H groups in total. The summed E-state index contributed by atoms with van der Waals surface area (Å²) in [5.74, 6) is -7.60. The summed E-state index contributed by atoms with van der Waals surface area (Å²) in [7, 11) is 0. The van der Waals surface area contributed by atoms with Gasteiger partial charge in [-0.1, -0.05) is 91.8 Å². The average molecular weight is 822 g/mol. The second kappa shape index (κ2) is 23.0. The summed E-state index contributed by atoms with van der Waals surface area (Å²) in [6, 6.07) is 7.27. The fraction of sp³-hybridized carbons (Fsp3) is 0.512. The Morgan fingerprint density at radius 2 is 0.864 bits per heavy atom. The smallest absolute Gasteiger partial charge is 0.415 e. The van der Waals surface area contributed by atoms with E-state index in [2.05, 4.69) is 10.6 Å². The summed E-state index contributed by atoms with van der Waals surface area (Å²) in [5, 5.41) is 25.3. The molecule has 2 aromatic carbocycles. The van der Waals surface area contributed by atoms with Gasteiger partial charge in [0.15, 0.2) is 17.3 Å². The maximum Gasteiger partial charge on any atom is 0.415 e. The van der Waals surface area contributed by atoms with E-state index in [1.807, 2.05) is 0 Å². The van der Waals surface area contributed by atoms with Gasteiger partial charge in [0.2, 0.25) is 11.8 Å². The van der Waals surface area contributed by atoms with Gasteiger partial charge in [0.25, 0.3) is 11.8 Å². The van der Waals surface area contributed by atoms with Crippen LogP contribution in [-0.2, 0) is 24.0 Å². The molecule has 0 bridgehead atoms. The van der Waals surface area contributed by atoms with Gasteiger partial charge in [-0.2, -0.15) is 0 Å². The predicted octanol–water partition coefficient (Wildman–Crippen LogP) is 4.94. The number of Topliss-reactive ketones (excluding diaryl/α,β-unsaturated/α-hetero) is 3. The first-order valence-corrected chi connectivity index (χ1v) is 19.8. The van der Waals surface area contributed by atoms with E-state index in [4.69, 9.17) is 5.73 Å². The highest BCUT2D eigenvalue weighted by molar-refractivity contribution is 6.15. The lowest BCUT2D eigenvalue weighted by atomic mass is 9.90. The van der Waals surface area contributed by atoms with Crippen molar-refractivity contribution in [3.8, 4) is 0 Å². The third-order valence-electron chi connectivity index (χ3n) is 9.29. The Kier molecular flexibility index (Phi) is 19.2. The van der Waals surface area contributed by atoms with Gasteiger partial charge in [-0.15, -0.1) is 0 Å². The van der Waals surface area contributed by atoms with Gasteiger partial charge >= 0.3 is 12.2 Å². The number of imide groups is 2. The SMILES string of the molecule is CC(C)C[C@H](NC(=O)[C@H](CC(C)C)N(C(=O)O)C(=O)c1ccccc1)C(=O)CC(=O)C(N)C(=O)[C@H](CC(C)C)NC(=O)[C@H](CC(C)C)N(C(=O)O)C(=O)c1ccccc1. The van der Waals surface area contributed by atoms with Crippen LogP contribution in [0.5, 0.6) is 0 Å². The van der Waals surface area contributed by atoms with Gasteiger partial charge in [-0.3, -0.25) is 33.6 Å². The van der Waals surface area contributed by atoms with Crippen molar-refractivity contribution < 1.29 is 53.4 Å². The number of rotatable bonds is 22. The molecule has 0 saturated carbocycles. The van der Waals surface area contributed by atoms with Crippen LogP contribution in [0.3, 0.4) is 0 Å². The highest BCUT2D eigenvalue weighted by Crippen LogP contribution is 2.20. The van der Waals surface area contributed by atoms with Crippen LogP contribution in [0.25, 0.3) is 0 Å². The second-order valence-electron chi connectivity index (χ2n) is 16.3. The molecule has 0 spiro atoms. The zero-order valence-electron chi connectivity index (χ0n) is 35.0. The molecule has 16 heteroatoms. The lowest BCUT2D eigenvalue weighted by Crippen LogP contribution is -2.58. The zero-order valence-corrected chi connectivity index (χ0v) is 35.0. The molecule has 2 aromatic rings. The Morgan fingerprint density at radius 1 is 0.525 bits per heavy atom. The molecule has 16 nitrogen and oxygen atoms in total. The maximum absolute atomic E-state index is 13.9. The van der Waals surface area contributed by atoms with Crippen molar-refractivity contribution in [2.45, 2.75) is 118 Å². The monoisotopic (exact) mass is 821 g/mol. The third kappa shape index (κ3) is 14.8. The molecule has 2 rings (SSSR count). The fourth-order valence-electron chi connectivity index (χ4n) is 6.49. The number of hydrogen-bond acceptors (Lipinski definition) is 10. The van der Waals surface area contributed by atoms with E-state index in [1.165, 1.54) is 36.4 Å².